The van der Waals surface area contributed by atoms with Crippen LogP contribution in [0.1, 0.15) is 17.2 Å². The van der Waals surface area contributed by atoms with E-state index in [0.717, 1.165) is 5.56 Å². The second-order valence-corrected chi connectivity index (χ2v) is 4.06. The van der Waals surface area contributed by atoms with Gasteiger partial charge >= 0.3 is 0 Å². The summed E-state index contributed by atoms with van der Waals surface area (Å²) in [5.74, 6) is 0. The number of aliphatic hydroxyl groups excluding tert-OH is 2. The third-order valence-corrected chi connectivity index (χ3v) is 2.83. The Morgan fingerprint density at radius 2 is 2.21 bits per heavy atom. The summed E-state index contributed by atoms with van der Waals surface area (Å²) in [4.78, 5) is 3.86. The predicted octanol–water partition coefficient (Wildman–Crippen LogP) is 1.83. The first-order valence-corrected chi connectivity index (χ1v) is 5.60. The van der Waals surface area contributed by atoms with Crippen LogP contribution in [-0.4, -0.2) is 26.6 Å². The average molecular weight is 281 g/mol. The van der Waals surface area contributed by atoms with Gasteiger partial charge in [0.15, 0.2) is 0 Å². The molecule has 3 nitrogen and oxygen atoms in total. The summed E-state index contributed by atoms with van der Waals surface area (Å²) in [6.07, 6.45) is -0.287. The fourth-order valence-corrected chi connectivity index (χ4v) is 1.70. The van der Waals surface area contributed by atoms with E-state index >= 15 is 0 Å². The Labute approximate surface area is 95.9 Å². The summed E-state index contributed by atoms with van der Waals surface area (Å²) >= 11 is 8.77. The number of hydrogen-bond acceptors (Lipinski definition) is 3. The fourth-order valence-electron chi connectivity index (χ4n) is 1.13. The lowest BCUT2D eigenvalue weighted by Crippen LogP contribution is -2.20. The highest BCUT2D eigenvalue weighted by atomic mass is 79.9. The molecule has 0 aromatic carbocycles. The number of hydrogen-bond donors (Lipinski definition) is 2. The monoisotopic (exact) mass is 279 g/mol. The van der Waals surface area contributed by atoms with Gasteiger partial charge in [0.25, 0.3) is 0 Å². The van der Waals surface area contributed by atoms with Crippen LogP contribution >= 0.6 is 27.5 Å². The molecule has 78 valence electrons. The molecule has 0 amide bonds. The van der Waals surface area contributed by atoms with Crippen molar-refractivity contribution < 1.29 is 10.2 Å². The number of alkyl halides is 1. The molecule has 1 aromatic heterocycles. The molecule has 1 heterocycles. The molecule has 5 heteroatoms. The maximum absolute atomic E-state index is 9.70. The number of aromatic nitrogens is 1. The maximum Gasteiger partial charge on any atom is 0.129 e. The standard InChI is InChI=1S/C9H11BrClNO2/c1-5-2-8(11)12-4-6(5)9(14)7(13)3-10/h2,4,7,9,13-14H,3H2,1H3. The van der Waals surface area contributed by atoms with Crippen molar-refractivity contribution in [3.8, 4) is 0 Å². The first-order chi connectivity index (χ1) is 6.56. The van der Waals surface area contributed by atoms with E-state index in [1.807, 2.05) is 6.92 Å². The maximum atomic E-state index is 9.70. The van der Waals surface area contributed by atoms with E-state index in [9.17, 15) is 10.2 Å². The zero-order chi connectivity index (χ0) is 10.7. The van der Waals surface area contributed by atoms with E-state index in [4.69, 9.17) is 11.6 Å². The number of halogens is 2. The van der Waals surface area contributed by atoms with Gasteiger partial charge in [-0.2, -0.15) is 0 Å². The highest BCUT2D eigenvalue weighted by molar-refractivity contribution is 9.09. The zero-order valence-electron chi connectivity index (χ0n) is 7.61. The van der Waals surface area contributed by atoms with Crippen molar-refractivity contribution >= 4 is 27.5 Å². The molecule has 0 aliphatic carbocycles. The molecule has 0 saturated heterocycles. The number of rotatable bonds is 3. The fraction of sp³-hybridized carbons (Fsp3) is 0.444. The lowest BCUT2D eigenvalue weighted by atomic mass is 10.0. The molecule has 2 atom stereocenters. The van der Waals surface area contributed by atoms with Gasteiger partial charge in [0.2, 0.25) is 0 Å². The Hall–Kier alpha value is -0.160. The molecule has 0 fully saturated rings. The minimum Gasteiger partial charge on any atom is -0.389 e. The lowest BCUT2D eigenvalue weighted by Gasteiger charge is -2.17. The molecule has 0 spiro atoms. The Bertz CT molecular complexity index is 322. The number of aryl methyl sites for hydroxylation is 1. The average Bonchev–Trinajstić information content (AvgIpc) is 2.15. The van der Waals surface area contributed by atoms with Crippen LogP contribution in [0.5, 0.6) is 0 Å². The molecule has 14 heavy (non-hydrogen) atoms. The topological polar surface area (TPSA) is 53.4 Å². The van der Waals surface area contributed by atoms with Crippen molar-refractivity contribution in [3.63, 3.8) is 0 Å². The van der Waals surface area contributed by atoms with E-state index in [1.165, 1.54) is 6.20 Å². The summed E-state index contributed by atoms with van der Waals surface area (Å²) in [5.41, 5.74) is 1.42. The van der Waals surface area contributed by atoms with Crippen molar-refractivity contribution in [2.45, 2.75) is 19.1 Å². The molecule has 2 unspecified atom stereocenters. The molecular formula is C9H11BrClNO2. The van der Waals surface area contributed by atoms with Crippen LogP contribution in [0.4, 0.5) is 0 Å². The van der Waals surface area contributed by atoms with Crippen LogP contribution < -0.4 is 0 Å². The summed E-state index contributed by atoms with van der Waals surface area (Å²) in [7, 11) is 0. The molecular weight excluding hydrogens is 269 g/mol. The molecule has 0 radical (unpaired) electrons. The Morgan fingerprint density at radius 1 is 1.57 bits per heavy atom. The third-order valence-electron chi connectivity index (χ3n) is 1.96. The summed E-state index contributed by atoms with van der Waals surface area (Å²) in [6, 6.07) is 1.65. The van der Waals surface area contributed by atoms with Crippen LogP contribution in [0.25, 0.3) is 0 Å². The molecule has 1 rings (SSSR count). The van der Waals surface area contributed by atoms with Crippen molar-refractivity contribution in [2.24, 2.45) is 0 Å². The van der Waals surface area contributed by atoms with Crippen LogP contribution in [0.15, 0.2) is 12.3 Å². The zero-order valence-corrected chi connectivity index (χ0v) is 9.96. The van der Waals surface area contributed by atoms with E-state index in [1.54, 1.807) is 6.07 Å². The molecule has 1 aromatic rings. The highest BCUT2D eigenvalue weighted by Gasteiger charge is 2.19. The number of nitrogens with zero attached hydrogens (tertiary/aromatic N) is 1. The quantitative estimate of drug-likeness (QED) is 0.656. The van der Waals surface area contributed by atoms with Crippen LogP contribution in [-0.2, 0) is 0 Å². The lowest BCUT2D eigenvalue weighted by molar-refractivity contribution is 0.0336. The normalized spacial score (nSPS) is 15.2. The van der Waals surface area contributed by atoms with Gasteiger partial charge in [0, 0.05) is 17.1 Å². The van der Waals surface area contributed by atoms with Crippen molar-refractivity contribution in [3.05, 3.63) is 28.5 Å². The van der Waals surface area contributed by atoms with Crippen molar-refractivity contribution in [1.82, 2.24) is 4.98 Å². The Kier molecular flexibility index (Phi) is 4.31. The van der Waals surface area contributed by atoms with Gasteiger partial charge in [-0.15, -0.1) is 0 Å². The molecule has 0 aliphatic rings. The third kappa shape index (κ3) is 2.67. The Balaban J connectivity index is 2.95. The predicted molar refractivity (Wildman–Crippen MR) is 58.7 cm³/mol. The molecule has 0 aliphatic heterocycles. The van der Waals surface area contributed by atoms with Gasteiger partial charge in [0.1, 0.15) is 11.3 Å². The van der Waals surface area contributed by atoms with Crippen LogP contribution in [0, 0.1) is 6.92 Å². The van der Waals surface area contributed by atoms with Gasteiger partial charge in [-0.05, 0) is 18.6 Å². The van der Waals surface area contributed by atoms with E-state index in [0.29, 0.717) is 16.0 Å². The second kappa shape index (κ2) is 5.07. The first kappa shape index (κ1) is 11.9. The summed E-state index contributed by atoms with van der Waals surface area (Å²) < 4.78 is 0. The van der Waals surface area contributed by atoms with Gasteiger partial charge in [-0.3, -0.25) is 0 Å². The number of aliphatic hydroxyl groups is 2. The highest BCUT2D eigenvalue weighted by Crippen LogP contribution is 2.22. The largest absolute Gasteiger partial charge is 0.389 e. The van der Waals surface area contributed by atoms with E-state index in [2.05, 4.69) is 20.9 Å². The SMILES string of the molecule is Cc1cc(Cl)ncc1C(O)C(O)CBr. The summed E-state index contributed by atoms with van der Waals surface area (Å²) in [6.45, 7) is 1.81. The van der Waals surface area contributed by atoms with E-state index < -0.39 is 12.2 Å². The molecule has 2 N–H and O–H groups in total. The first-order valence-electron chi connectivity index (χ1n) is 4.10. The van der Waals surface area contributed by atoms with Gasteiger partial charge in [-0.1, -0.05) is 27.5 Å². The van der Waals surface area contributed by atoms with Crippen molar-refractivity contribution in [2.75, 3.05) is 5.33 Å². The number of pyridine rings is 1. The minimum absolute atomic E-state index is 0.316. The Morgan fingerprint density at radius 3 is 2.71 bits per heavy atom. The van der Waals surface area contributed by atoms with Gasteiger partial charge in [0.05, 0.1) is 6.10 Å². The van der Waals surface area contributed by atoms with Crippen LogP contribution in [0.2, 0.25) is 5.15 Å². The molecule has 0 saturated carbocycles. The molecule has 0 bridgehead atoms. The van der Waals surface area contributed by atoms with Crippen LogP contribution in [0.3, 0.4) is 0 Å². The van der Waals surface area contributed by atoms with E-state index in [-0.39, 0.29) is 0 Å². The van der Waals surface area contributed by atoms with Gasteiger partial charge < -0.3 is 10.2 Å². The van der Waals surface area contributed by atoms with Crippen molar-refractivity contribution in [1.29, 1.82) is 0 Å². The smallest absolute Gasteiger partial charge is 0.129 e. The summed E-state index contributed by atoms with van der Waals surface area (Å²) in [5, 5.41) is 19.8. The minimum atomic E-state index is -0.931. The van der Waals surface area contributed by atoms with Gasteiger partial charge in [-0.25, -0.2) is 4.98 Å². The second-order valence-electron chi connectivity index (χ2n) is 3.03.